The van der Waals surface area contributed by atoms with Crippen LogP contribution in [0.15, 0.2) is 48.2 Å². The fraction of sp³-hybridized carbons (Fsp3) is 0.448. The lowest BCUT2D eigenvalue weighted by Gasteiger charge is -2.22. The van der Waals surface area contributed by atoms with Crippen LogP contribution in [-0.2, 0) is 20.7 Å². The first-order valence-electron chi connectivity index (χ1n) is 12.3. The van der Waals surface area contributed by atoms with Gasteiger partial charge in [0.25, 0.3) is 0 Å². The normalized spacial score (nSPS) is 19.7. The van der Waals surface area contributed by atoms with Gasteiger partial charge in [0.05, 0.1) is 33.1 Å². The summed E-state index contributed by atoms with van der Waals surface area (Å²) in [7, 11) is 4.74. The van der Waals surface area contributed by atoms with Crippen molar-refractivity contribution in [2.24, 2.45) is 5.92 Å². The Morgan fingerprint density at radius 1 is 1.03 bits per heavy atom. The molecule has 37 heavy (non-hydrogen) atoms. The third-order valence-corrected chi connectivity index (χ3v) is 6.12. The number of carbonyl (C=O) groups is 2. The van der Waals surface area contributed by atoms with Crippen LogP contribution in [0.4, 0.5) is 4.79 Å². The summed E-state index contributed by atoms with van der Waals surface area (Å²) in [5, 5.41) is 2.86. The number of benzene rings is 2. The van der Waals surface area contributed by atoms with Gasteiger partial charge in [0.15, 0.2) is 11.5 Å². The minimum Gasteiger partial charge on any atom is -0.493 e. The van der Waals surface area contributed by atoms with Crippen molar-refractivity contribution in [3.05, 3.63) is 59.3 Å². The third kappa shape index (κ3) is 7.49. The quantitative estimate of drug-likeness (QED) is 0.439. The van der Waals surface area contributed by atoms with Gasteiger partial charge >= 0.3 is 6.09 Å². The van der Waals surface area contributed by atoms with Crippen molar-refractivity contribution < 1.29 is 33.3 Å². The average Bonchev–Trinajstić information content (AvgIpc) is 3.29. The van der Waals surface area contributed by atoms with E-state index in [0.29, 0.717) is 42.2 Å². The average molecular weight is 512 g/mol. The smallest absolute Gasteiger partial charge is 0.411 e. The molecule has 2 aromatic carbocycles. The molecule has 0 bridgehead atoms. The Morgan fingerprint density at radius 3 is 2.32 bits per heavy atom. The van der Waals surface area contributed by atoms with Crippen molar-refractivity contribution in [3.8, 4) is 17.2 Å². The van der Waals surface area contributed by atoms with E-state index in [1.165, 1.54) is 0 Å². The van der Waals surface area contributed by atoms with Crippen molar-refractivity contribution in [1.29, 1.82) is 0 Å². The van der Waals surface area contributed by atoms with Crippen LogP contribution >= 0.6 is 0 Å². The molecule has 1 fully saturated rings. The van der Waals surface area contributed by atoms with Crippen molar-refractivity contribution in [1.82, 2.24) is 5.32 Å². The maximum atomic E-state index is 12.6. The van der Waals surface area contributed by atoms with E-state index in [0.717, 1.165) is 17.4 Å². The van der Waals surface area contributed by atoms with E-state index < -0.39 is 23.9 Å². The van der Waals surface area contributed by atoms with Gasteiger partial charge in [0.1, 0.15) is 18.0 Å². The van der Waals surface area contributed by atoms with Gasteiger partial charge in [-0.2, -0.15) is 0 Å². The number of hydrogen-bond acceptors (Lipinski definition) is 7. The molecular formula is C29H37NO7. The molecule has 3 rings (SSSR count). The maximum Gasteiger partial charge on any atom is 0.411 e. The highest BCUT2D eigenvalue weighted by molar-refractivity contribution is 5.73. The predicted molar refractivity (Wildman–Crippen MR) is 141 cm³/mol. The number of alkyl carbamates (subject to hydrolysis) is 1. The van der Waals surface area contributed by atoms with Crippen LogP contribution in [0, 0.1) is 5.92 Å². The van der Waals surface area contributed by atoms with Crippen LogP contribution < -0.4 is 19.5 Å². The van der Waals surface area contributed by atoms with Crippen molar-refractivity contribution in [3.63, 3.8) is 0 Å². The van der Waals surface area contributed by atoms with Gasteiger partial charge in [-0.05, 0) is 69.2 Å². The maximum absolute atomic E-state index is 12.6. The van der Waals surface area contributed by atoms with Gasteiger partial charge in [-0.25, -0.2) is 4.79 Å². The standard InChI is InChI=1S/C29H37NO7/c1-29(2,3)37-28(32)30-22(16-19-10-8-7-9-11-19)24-17-21(25(18-31)36-24)13-12-20-14-15-23(33-4)27(35-6)26(20)34-5/h7-11,14-16,18,21,24-25H,12-13,17H2,1-6H3,(H,30,32)/t21-,24-,25+/m0/s1. The van der Waals surface area contributed by atoms with Crippen LogP contribution in [0.2, 0.25) is 0 Å². The molecule has 0 unspecified atom stereocenters. The van der Waals surface area contributed by atoms with E-state index in [-0.39, 0.29) is 5.92 Å². The second-order valence-electron chi connectivity index (χ2n) is 9.89. The lowest BCUT2D eigenvalue weighted by molar-refractivity contribution is -0.118. The van der Waals surface area contributed by atoms with E-state index in [2.05, 4.69) is 5.32 Å². The first-order chi connectivity index (χ1) is 17.7. The molecule has 0 spiro atoms. The summed E-state index contributed by atoms with van der Waals surface area (Å²) in [6.07, 6.45) is 2.94. The molecule has 1 saturated heterocycles. The zero-order valence-electron chi connectivity index (χ0n) is 22.4. The van der Waals surface area contributed by atoms with Crippen LogP contribution in [0.5, 0.6) is 17.2 Å². The van der Waals surface area contributed by atoms with Gasteiger partial charge in [-0.1, -0.05) is 36.4 Å². The fourth-order valence-corrected chi connectivity index (χ4v) is 4.45. The summed E-state index contributed by atoms with van der Waals surface area (Å²) in [6, 6.07) is 13.4. The van der Waals surface area contributed by atoms with E-state index in [1.807, 2.05) is 48.5 Å². The number of aldehydes is 1. The van der Waals surface area contributed by atoms with E-state index in [4.69, 9.17) is 23.7 Å². The second kappa shape index (κ2) is 12.6. The predicted octanol–water partition coefficient (Wildman–Crippen LogP) is 5.18. The first kappa shape index (κ1) is 28.1. The minimum atomic E-state index is -0.648. The van der Waals surface area contributed by atoms with Crippen LogP contribution in [0.1, 0.15) is 44.7 Å². The monoisotopic (exact) mass is 511 g/mol. The topological polar surface area (TPSA) is 92.3 Å². The van der Waals surface area contributed by atoms with E-state index in [1.54, 1.807) is 42.1 Å². The fourth-order valence-electron chi connectivity index (χ4n) is 4.45. The lowest BCUT2D eigenvalue weighted by atomic mass is 9.91. The van der Waals surface area contributed by atoms with Gasteiger partial charge in [0.2, 0.25) is 5.75 Å². The molecular weight excluding hydrogens is 474 g/mol. The van der Waals surface area contributed by atoms with Crippen LogP contribution in [0.25, 0.3) is 6.08 Å². The van der Waals surface area contributed by atoms with Gasteiger partial charge < -0.3 is 28.5 Å². The largest absolute Gasteiger partial charge is 0.493 e. The van der Waals surface area contributed by atoms with Crippen molar-refractivity contribution >= 4 is 18.5 Å². The Bertz CT molecular complexity index is 1090. The number of rotatable bonds is 10. The number of amides is 1. The highest BCUT2D eigenvalue weighted by Gasteiger charge is 2.37. The summed E-state index contributed by atoms with van der Waals surface area (Å²) in [5.74, 6) is 1.67. The Morgan fingerprint density at radius 2 is 1.73 bits per heavy atom. The minimum absolute atomic E-state index is 0.0556. The van der Waals surface area contributed by atoms with Gasteiger partial charge in [-0.15, -0.1) is 0 Å². The summed E-state index contributed by atoms with van der Waals surface area (Å²) in [5.41, 5.74) is 1.75. The van der Waals surface area contributed by atoms with E-state index >= 15 is 0 Å². The number of ether oxygens (including phenoxy) is 5. The summed E-state index contributed by atoms with van der Waals surface area (Å²) < 4.78 is 28.1. The number of nitrogens with one attached hydrogen (secondary N) is 1. The second-order valence-corrected chi connectivity index (χ2v) is 9.89. The molecule has 1 heterocycles. The lowest BCUT2D eigenvalue weighted by Crippen LogP contribution is -2.35. The highest BCUT2D eigenvalue weighted by atomic mass is 16.6. The van der Waals surface area contributed by atoms with Crippen molar-refractivity contribution in [2.45, 2.75) is 57.8 Å². The molecule has 1 aliphatic rings. The number of aryl methyl sites for hydroxylation is 1. The molecule has 3 atom stereocenters. The molecule has 0 aliphatic carbocycles. The zero-order chi connectivity index (χ0) is 27.0. The Balaban J connectivity index is 1.80. The summed E-state index contributed by atoms with van der Waals surface area (Å²) >= 11 is 0. The first-order valence-corrected chi connectivity index (χ1v) is 12.3. The van der Waals surface area contributed by atoms with Gasteiger partial charge in [-0.3, -0.25) is 5.32 Å². The molecule has 8 heteroatoms. The number of methoxy groups -OCH3 is 3. The Kier molecular flexibility index (Phi) is 9.58. The zero-order valence-corrected chi connectivity index (χ0v) is 22.4. The van der Waals surface area contributed by atoms with Crippen LogP contribution in [-0.4, -0.2) is 51.5 Å². The molecule has 0 radical (unpaired) electrons. The molecule has 0 saturated carbocycles. The molecule has 200 valence electrons. The highest BCUT2D eigenvalue weighted by Crippen LogP contribution is 2.41. The molecule has 8 nitrogen and oxygen atoms in total. The van der Waals surface area contributed by atoms with Crippen molar-refractivity contribution in [2.75, 3.05) is 21.3 Å². The molecule has 2 aromatic rings. The molecule has 1 N–H and O–H groups in total. The van der Waals surface area contributed by atoms with E-state index in [9.17, 15) is 9.59 Å². The Hall–Kier alpha value is -3.52. The Labute approximate surface area is 218 Å². The molecule has 1 aliphatic heterocycles. The van der Waals surface area contributed by atoms with Crippen LogP contribution in [0.3, 0.4) is 0 Å². The number of carbonyl (C=O) groups excluding carboxylic acids is 2. The summed E-state index contributed by atoms with van der Waals surface area (Å²) in [6.45, 7) is 5.42. The summed E-state index contributed by atoms with van der Waals surface area (Å²) in [4.78, 5) is 24.6. The van der Waals surface area contributed by atoms with Gasteiger partial charge in [0, 0.05) is 0 Å². The number of hydrogen-bond donors (Lipinski definition) is 1. The SMILES string of the molecule is COc1ccc(CC[C@H]2C[C@@H](C(=Cc3ccccc3)NC(=O)OC(C)(C)C)O[C@@H]2C=O)c(OC)c1OC. The third-order valence-electron chi connectivity index (χ3n) is 6.12. The molecule has 1 amide bonds. The molecule has 0 aromatic heterocycles.